The summed E-state index contributed by atoms with van der Waals surface area (Å²) < 4.78 is 78.5. The molecule has 0 spiro atoms. The average molecular weight is 1900 g/mol. The van der Waals surface area contributed by atoms with Gasteiger partial charge in [-0.2, -0.15) is 0 Å². The zero-order valence-corrected chi connectivity index (χ0v) is 81.2. The number of amides is 8. The lowest BCUT2D eigenvalue weighted by Crippen LogP contribution is -2.64. The maximum atomic E-state index is 13.6. The molecule has 4 aromatic carbocycles. The van der Waals surface area contributed by atoms with Crippen molar-refractivity contribution in [2.45, 2.75) is 236 Å². The van der Waals surface area contributed by atoms with Gasteiger partial charge in [-0.3, -0.25) is 38.4 Å². The Kier molecular flexibility index (Phi) is 24.3. The molecular formula is C108H118F4N12O15. The van der Waals surface area contributed by atoms with Crippen molar-refractivity contribution in [3.05, 3.63) is 214 Å². The number of benzene rings is 4. The molecule has 4 saturated heterocycles. The molecule has 27 nitrogen and oxygen atoms in total. The molecule has 139 heavy (non-hydrogen) atoms. The Bertz CT molecular complexity index is 6710. The third-order valence-corrected chi connectivity index (χ3v) is 29.7. The first-order valence-electron chi connectivity index (χ1n) is 47.9. The van der Waals surface area contributed by atoms with Gasteiger partial charge < -0.3 is 72.6 Å². The van der Waals surface area contributed by atoms with Gasteiger partial charge in [0.25, 0.3) is 41.4 Å². The largest absolute Gasteiger partial charge is 0.449 e. The van der Waals surface area contributed by atoms with Gasteiger partial charge in [-0.05, 0) is 283 Å². The Morgan fingerprint density at radius 3 is 0.942 bits per heavy atom. The first kappa shape index (κ1) is 96.3. The fourth-order valence-corrected chi connectivity index (χ4v) is 19.5. The second kappa shape index (κ2) is 35.1. The Balaban J connectivity index is 0.000000123. The smallest absolute Gasteiger partial charge is 0.290 e. The summed E-state index contributed by atoms with van der Waals surface area (Å²) in [6.45, 7) is 32.1. The van der Waals surface area contributed by atoms with Crippen LogP contribution < -0.4 is 5.32 Å². The molecule has 8 aromatic heterocycles. The number of hydrogen-bond donors (Lipinski definition) is 4. The highest BCUT2D eigenvalue weighted by Gasteiger charge is 2.54. The van der Waals surface area contributed by atoms with E-state index in [-0.39, 0.29) is 115 Å². The predicted octanol–water partition coefficient (Wildman–Crippen LogP) is 17.3. The number of pyridine rings is 4. The highest BCUT2D eigenvalue weighted by atomic mass is 19.1. The second-order valence-electron chi connectivity index (χ2n) is 43.1. The van der Waals surface area contributed by atoms with E-state index in [1.807, 2.05) is 65.8 Å². The van der Waals surface area contributed by atoms with E-state index in [0.717, 1.165) is 102 Å². The zero-order chi connectivity index (χ0) is 99.3. The molecule has 9 aliphatic rings. The molecule has 728 valence electrons. The predicted molar refractivity (Wildman–Crippen MR) is 514 cm³/mol. The minimum atomic E-state index is -1.47. The fraction of sp³-hybridized carbons (Fsp3) is 0.444. The quantitative estimate of drug-likeness (QED) is 0.0653. The van der Waals surface area contributed by atoms with Gasteiger partial charge in [0.05, 0.1) is 39.4 Å². The third-order valence-electron chi connectivity index (χ3n) is 29.7. The van der Waals surface area contributed by atoms with Crippen molar-refractivity contribution >= 4 is 91.7 Å². The monoisotopic (exact) mass is 1900 g/mol. The third kappa shape index (κ3) is 18.9. The van der Waals surface area contributed by atoms with Gasteiger partial charge in [-0.15, -0.1) is 0 Å². The van der Waals surface area contributed by atoms with Crippen molar-refractivity contribution < 1.29 is 88.9 Å². The number of halogens is 4. The van der Waals surface area contributed by atoms with Crippen LogP contribution in [0.5, 0.6) is 0 Å². The SMILES string of the molecule is CC(C)(O)C(=O)N1CCN(C(=O)c2cc3nc(-c4ccc(F)cc4)cc(C4(C)CC4)c3o2)C(C)(C)C1.CC1(c2cc(-c3ccc(F)cc3)nc3cc(C(=O)N4CCN(C(=O)C5(O)CC5)CC4(C)C)oc23)CC1.CC1(c2cc(-c3ccc(F)cc3)nc3cc(C(=O)N4CCNC(=O)C4(C)C)oc23)CC1.CC[C@@H](O)C(=O)N1CCN(C(=O)c2cc3nc(-c4ccc(F)cc4)cc(C4(C)CC4)c3o2)C(C)(C)C1. The number of aromatic nitrogens is 4. The normalized spacial score (nSPS) is 19.8. The first-order valence-corrected chi connectivity index (χ1v) is 47.9. The minimum absolute atomic E-state index is 0.0293. The van der Waals surface area contributed by atoms with Gasteiger partial charge in [0.15, 0.2) is 45.4 Å². The van der Waals surface area contributed by atoms with Crippen molar-refractivity contribution in [2.24, 2.45) is 0 Å². The maximum absolute atomic E-state index is 13.6. The Labute approximate surface area is 802 Å². The average Bonchev–Trinajstić information content (AvgIpc) is 1.59. The van der Waals surface area contributed by atoms with Gasteiger partial charge in [0.1, 0.15) is 68.2 Å². The number of nitrogens with one attached hydrogen (secondary N) is 1. The summed E-state index contributed by atoms with van der Waals surface area (Å²) in [6.07, 6.45) is 8.49. The summed E-state index contributed by atoms with van der Waals surface area (Å²) in [6, 6.07) is 39.6. The Hall–Kier alpha value is -13.0. The van der Waals surface area contributed by atoms with E-state index >= 15 is 0 Å². The van der Waals surface area contributed by atoms with E-state index in [1.165, 1.54) is 62.4 Å². The number of piperazine rings is 4. The van der Waals surface area contributed by atoms with Crippen LogP contribution in [-0.2, 0) is 40.8 Å². The Morgan fingerprint density at radius 1 is 0.396 bits per heavy atom. The summed E-state index contributed by atoms with van der Waals surface area (Å²) in [5, 5.41) is 33.2. The fourth-order valence-electron chi connectivity index (χ4n) is 19.5. The number of fused-ring (bicyclic) bond motifs is 4. The lowest BCUT2D eigenvalue weighted by molar-refractivity contribution is -0.152. The van der Waals surface area contributed by atoms with E-state index in [9.17, 15) is 71.2 Å². The zero-order valence-electron chi connectivity index (χ0n) is 81.2. The lowest BCUT2D eigenvalue weighted by atomic mass is 9.96. The summed E-state index contributed by atoms with van der Waals surface area (Å²) in [4.78, 5) is 135. The summed E-state index contributed by atoms with van der Waals surface area (Å²) in [5.74, 6) is -2.60. The summed E-state index contributed by atoms with van der Waals surface area (Å²) >= 11 is 0. The molecule has 31 heteroatoms. The first-order chi connectivity index (χ1) is 65.5. The van der Waals surface area contributed by atoms with Gasteiger partial charge in [0.2, 0.25) is 5.91 Å². The molecule has 12 heterocycles. The summed E-state index contributed by atoms with van der Waals surface area (Å²) in [7, 11) is 0. The van der Waals surface area contributed by atoms with Crippen LogP contribution in [0.3, 0.4) is 0 Å². The van der Waals surface area contributed by atoms with Crippen LogP contribution in [0, 0.1) is 23.3 Å². The molecule has 4 aliphatic heterocycles. The van der Waals surface area contributed by atoms with Crippen LogP contribution >= 0.6 is 0 Å². The molecule has 21 rings (SSSR count). The number of carbonyl (C=O) groups is 8. The maximum Gasteiger partial charge on any atom is 0.290 e. The van der Waals surface area contributed by atoms with Gasteiger partial charge in [-0.1, -0.05) is 34.6 Å². The number of rotatable bonds is 16. The molecule has 1 atom stereocenters. The molecule has 9 fully saturated rings. The van der Waals surface area contributed by atoms with Gasteiger partial charge >= 0.3 is 0 Å². The number of furan rings is 4. The molecule has 0 radical (unpaired) electrons. The topological polar surface area (TPSA) is 336 Å². The molecule has 8 amide bonds. The minimum Gasteiger partial charge on any atom is -0.449 e. The number of carbonyl (C=O) groups excluding carboxylic acids is 8. The van der Waals surface area contributed by atoms with E-state index in [0.29, 0.717) is 153 Å². The molecular weight excluding hydrogens is 1780 g/mol. The molecule has 12 aromatic rings. The molecule has 5 aliphatic carbocycles. The van der Waals surface area contributed by atoms with Crippen LogP contribution in [0.15, 0.2) is 163 Å². The highest BCUT2D eigenvalue weighted by molar-refractivity contribution is 6.03. The molecule has 4 N–H and O–H groups in total. The molecule has 5 saturated carbocycles. The highest BCUT2D eigenvalue weighted by Crippen LogP contribution is 2.55. The summed E-state index contributed by atoms with van der Waals surface area (Å²) in [5.41, 5.74) is 9.18. The van der Waals surface area contributed by atoms with Gasteiger partial charge in [-0.25, -0.2) is 37.5 Å². The number of nitrogens with zero attached hydrogens (tertiary/aromatic N) is 11. The van der Waals surface area contributed by atoms with Crippen LogP contribution in [0.25, 0.3) is 89.4 Å². The number of aliphatic hydroxyl groups excluding tert-OH is 1. The van der Waals surface area contributed by atoms with Crippen molar-refractivity contribution in [1.29, 1.82) is 0 Å². The van der Waals surface area contributed by atoms with E-state index in [2.05, 4.69) is 33.0 Å². The second-order valence-corrected chi connectivity index (χ2v) is 43.1. The molecule has 0 bridgehead atoms. The van der Waals surface area contributed by atoms with Crippen molar-refractivity contribution in [3.8, 4) is 45.0 Å². The van der Waals surface area contributed by atoms with Crippen LogP contribution in [-0.4, -0.2) is 228 Å². The standard InChI is InChI=1S/C28H30FN3O4.2C28H32FN3O4.C24H24FN3O3/c1-26(2)16-31(25(34)28(35)10-11-28)12-13-32(26)24(33)22-15-21-23(36-22)19(27(3)8-9-27)14-20(30-21)17-4-6-18(29)7-5-17;1-26(2)16-31(25(34)27(3,4)35)12-13-32(26)24(33)22-15-21-23(36-22)19(28(5)10-11-28)14-20(30-21)17-6-8-18(29)9-7-17;1-5-22(33)25(34)31-12-13-32(27(2,3)16-31)26(35)23-15-21-24(36-23)19(28(4)10-11-28)14-20(30-21)17-6-8-18(29)9-7-17;1-23(2)22(30)26-10-11-28(23)21(29)19-13-18-20(31-19)16(24(3)8-9-24)12-17(27-18)14-4-6-15(25)7-5-14/h4-7,14-15,35H,8-13,16H2,1-3H3;6-9,14-15,35H,10-13,16H2,1-5H3;6-9,14-15,22,33H,5,10-13,16H2,1-4H3;4-7,12-13H,8-11H2,1-3H3,(H,26,30)/t;;22-;/m..1./s1. The van der Waals surface area contributed by atoms with Gasteiger partial charge in [0, 0.05) is 141 Å². The number of aliphatic hydroxyl groups is 3. The van der Waals surface area contributed by atoms with Crippen molar-refractivity contribution in [1.82, 2.24) is 59.6 Å². The van der Waals surface area contributed by atoms with Crippen LogP contribution in [0.2, 0.25) is 0 Å². The van der Waals surface area contributed by atoms with Crippen molar-refractivity contribution in [3.63, 3.8) is 0 Å². The Morgan fingerprint density at radius 2 is 0.669 bits per heavy atom. The van der Waals surface area contributed by atoms with E-state index in [1.54, 1.807) is 128 Å². The van der Waals surface area contributed by atoms with E-state index < -0.39 is 39.5 Å². The van der Waals surface area contributed by atoms with Crippen molar-refractivity contribution in [2.75, 3.05) is 72.0 Å². The number of hydrogen-bond acceptors (Lipinski definition) is 19. The van der Waals surface area contributed by atoms with E-state index in [4.69, 9.17) is 37.6 Å². The van der Waals surface area contributed by atoms with Crippen LogP contribution in [0.1, 0.15) is 239 Å². The van der Waals surface area contributed by atoms with Crippen LogP contribution in [0.4, 0.5) is 17.6 Å². The lowest BCUT2D eigenvalue weighted by Gasteiger charge is -2.47. The molecule has 0 unspecified atom stereocenters.